The molecule has 2 atom stereocenters. The Morgan fingerprint density at radius 3 is 3.00 bits per heavy atom. The van der Waals surface area contributed by atoms with Crippen LogP contribution in [0.1, 0.15) is 37.9 Å². The second-order valence-electron chi connectivity index (χ2n) is 4.17. The standard InChI is InChI=1S/C10H15N3O/c1-7-3-4-8(14)5-9(7)10-12-11-6-13(10)2/h6-7,9H,3-5H2,1-2H3. The van der Waals surface area contributed by atoms with Crippen molar-refractivity contribution in [2.45, 2.75) is 32.1 Å². The fourth-order valence-corrected chi connectivity index (χ4v) is 2.11. The van der Waals surface area contributed by atoms with Crippen LogP contribution in [0, 0.1) is 5.92 Å². The third-order valence-corrected chi connectivity index (χ3v) is 3.09. The average molecular weight is 193 g/mol. The van der Waals surface area contributed by atoms with Crippen molar-refractivity contribution in [1.29, 1.82) is 0 Å². The van der Waals surface area contributed by atoms with Crippen molar-refractivity contribution in [2.24, 2.45) is 13.0 Å². The second kappa shape index (κ2) is 3.52. The molecule has 4 heteroatoms. The minimum Gasteiger partial charge on any atom is -0.320 e. The number of ketones is 1. The van der Waals surface area contributed by atoms with Gasteiger partial charge in [-0.2, -0.15) is 0 Å². The molecule has 1 saturated carbocycles. The largest absolute Gasteiger partial charge is 0.320 e. The van der Waals surface area contributed by atoms with E-state index in [2.05, 4.69) is 17.1 Å². The lowest BCUT2D eigenvalue weighted by Crippen LogP contribution is -2.23. The Bertz CT molecular complexity index is 345. The van der Waals surface area contributed by atoms with Crippen molar-refractivity contribution in [3.63, 3.8) is 0 Å². The molecular weight excluding hydrogens is 178 g/mol. The number of hydrogen-bond donors (Lipinski definition) is 0. The zero-order valence-corrected chi connectivity index (χ0v) is 8.60. The maximum absolute atomic E-state index is 11.4. The summed E-state index contributed by atoms with van der Waals surface area (Å²) < 4.78 is 1.92. The van der Waals surface area contributed by atoms with Gasteiger partial charge in [0, 0.05) is 25.8 Å². The van der Waals surface area contributed by atoms with Crippen LogP contribution in [-0.4, -0.2) is 20.5 Å². The Hall–Kier alpha value is -1.19. The molecule has 0 aliphatic heterocycles. The van der Waals surface area contributed by atoms with E-state index in [-0.39, 0.29) is 5.92 Å². The summed E-state index contributed by atoms with van der Waals surface area (Å²) in [5, 5.41) is 7.94. The van der Waals surface area contributed by atoms with Crippen LogP contribution in [0.3, 0.4) is 0 Å². The van der Waals surface area contributed by atoms with Gasteiger partial charge in [-0.25, -0.2) is 0 Å². The van der Waals surface area contributed by atoms with Crippen LogP contribution in [0.25, 0.3) is 0 Å². The lowest BCUT2D eigenvalue weighted by molar-refractivity contribution is -0.121. The number of carbonyl (C=O) groups is 1. The van der Waals surface area contributed by atoms with Gasteiger partial charge >= 0.3 is 0 Å². The van der Waals surface area contributed by atoms with Crippen molar-refractivity contribution >= 4 is 5.78 Å². The van der Waals surface area contributed by atoms with E-state index in [1.165, 1.54) is 0 Å². The van der Waals surface area contributed by atoms with Crippen LogP contribution in [0.15, 0.2) is 6.33 Å². The number of Topliss-reactive ketones (excluding diaryl/α,β-unsaturated/α-hetero) is 1. The quantitative estimate of drug-likeness (QED) is 0.675. The second-order valence-corrected chi connectivity index (χ2v) is 4.17. The Morgan fingerprint density at radius 1 is 1.57 bits per heavy atom. The highest BCUT2D eigenvalue weighted by Gasteiger charge is 2.30. The van der Waals surface area contributed by atoms with Gasteiger partial charge in [-0.05, 0) is 12.3 Å². The molecule has 1 heterocycles. The first kappa shape index (κ1) is 9.37. The average Bonchev–Trinajstić information content (AvgIpc) is 2.56. The van der Waals surface area contributed by atoms with Crippen molar-refractivity contribution in [2.75, 3.05) is 0 Å². The lowest BCUT2D eigenvalue weighted by Gasteiger charge is -2.26. The third-order valence-electron chi connectivity index (χ3n) is 3.09. The summed E-state index contributed by atoms with van der Waals surface area (Å²) in [5.41, 5.74) is 0. The molecule has 0 spiro atoms. The summed E-state index contributed by atoms with van der Waals surface area (Å²) in [6.45, 7) is 2.19. The molecule has 0 aromatic carbocycles. The molecule has 0 bridgehead atoms. The summed E-state index contributed by atoms with van der Waals surface area (Å²) in [6.07, 6.45) is 4.04. The van der Waals surface area contributed by atoms with Gasteiger partial charge in [0.25, 0.3) is 0 Å². The van der Waals surface area contributed by atoms with E-state index >= 15 is 0 Å². The molecule has 0 saturated heterocycles. The number of nitrogens with zero attached hydrogens (tertiary/aromatic N) is 3. The monoisotopic (exact) mass is 193 g/mol. The molecule has 76 valence electrons. The molecule has 0 radical (unpaired) electrons. The van der Waals surface area contributed by atoms with E-state index in [0.717, 1.165) is 18.7 Å². The SMILES string of the molecule is CC1CCC(=O)CC1c1nncn1C. The van der Waals surface area contributed by atoms with Crippen molar-refractivity contribution in [3.8, 4) is 0 Å². The molecule has 4 nitrogen and oxygen atoms in total. The zero-order valence-electron chi connectivity index (χ0n) is 8.60. The number of aromatic nitrogens is 3. The highest BCUT2D eigenvalue weighted by atomic mass is 16.1. The summed E-state index contributed by atoms with van der Waals surface area (Å²) >= 11 is 0. The predicted octanol–water partition coefficient (Wildman–Crippen LogP) is 1.29. The normalized spacial score (nSPS) is 28.0. The van der Waals surface area contributed by atoms with Crippen LogP contribution in [0.4, 0.5) is 0 Å². The molecule has 0 N–H and O–H groups in total. The minimum atomic E-state index is 0.267. The summed E-state index contributed by atoms with van der Waals surface area (Å²) in [7, 11) is 1.93. The van der Waals surface area contributed by atoms with E-state index in [1.807, 2.05) is 11.6 Å². The molecule has 0 amide bonds. The van der Waals surface area contributed by atoms with E-state index in [0.29, 0.717) is 18.1 Å². The van der Waals surface area contributed by atoms with E-state index < -0.39 is 0 Å². The van der Waals surface area contributed by atoms with Gasteiger partial charge in [0.2, 0.25) is 0 Å². The van der Waals surface area contributed by atoms with Gasteiger partial charge in [0.15, 0.2) is 0 Å². The first-order valence-corrected chi connectivity index (χ1v) is 5.04. The van der Waals surface area contributed by atoms with E-state index in [1.54, 1.807) is 6.33 Å². The fourth-order valence-electron chi connectivity index (χ4n) is 2.11. The molecule has 1 aromatic heterocycles. The first-order valence-electron chi connectivity index (χ1n) is 5.04. The minimum absolute atomic E-state index is 0.267. The third kappa shape index (κ3) is 1.56. The Kier molecular flexibility index (Phi) is 2.35. The Labute approximate surface area is 83.3 Å². The fraction of sp³-hybridized carbons (Fsp3) is 0.700. The highest BCUT2D eigenvalue weighted by Crippen LogP contribution is 2.34. The number of aryl methyl sites for hydroxylation is 1. The molecule has 2 rings (SSSR count). The van der Waals surface area contributed by atoms with Crippen molar-refractivity contribution in [3.05, 3.63) is 12.2 Å². The zero-order chi connectivity index (χ0) is 10.1. The number of rotatable bonds is 1. The van der Waals surface area contributed by atoms with E-state index in [9.17, 15) is 4.79 Å². The van der Waals surface area contributed by atoms with Gasteiger partial charge < -0.3 is 4.57 Å². The highest BCUT2D eigenvalue weighted by molar-refractivity contribution is 5.80. The Balaban J connectivity index is 2.24. The molecular formula is C10H15N3O. The molecule has 1 fully saturated rings. The summed E-state index contributed by atoms with van der Waals surface area (Å²) in [4.78, 5) is 11.4. The maximum atomic E-state index is 11.4. The lowest BCUT2D eigenvalue weighted by atomic mass is 9.79. The molecule has 14 heavy (non-hydrogen) atoms. The first-order chi connectivity index (χ1) is 6.68. The number of hydrogen-bond acceptors (Lipinski definition) is 3. The van der Waals surface area contributed by atoms with Gasteiger partial charge in [-0.3, -0.25) is 4.79 Å². The van der Waals surface area contributed by atoms with Gasteiger partial charge in [-0.15, -0.1) is 10.2 Å². The van der Waals surface area contributed by atoms with Crippen LogP contribution < -0.4 is 0 Å². The summed E-state index contributed by atoms with van der Waals surface area (Å²) in [6, 6.07) is 0. The topological polar surface area (TPSA) is 47.8 Å². The molecule has 1 aliphatic carbocycles. The van der Waals surface area contributed by atoms with Gasteiger partial charge in [0.1, 0.15) is 17.9 Å². The van der Waals surface area contributed by atoms with Crippen LogP contribution in [0.5, 0.6) is 0 Å². The Morgan fingerprint density at radius 2 is 2.36 bits per heavy atom. The van der Waals surface area contributed by atoms with Crippen molar-refractivity contribution < 1.29 is 4.79 Å². The summed E-state index contributed by atoms with van der Waals surface area (Å²) in [5.74, 6) is 2.11. The predicted molar refractivity (Wildman–Crippen MR) is 51.8 cm³/mol. The smallest absolute Gasteiger partial charge is 0.136 e. The van der Waals surface area contributed by atoms with Gasteiger partial charge in [-0.1, -0.05) is 6.92 Å². The molecule has 2 unspecified atom stereocenters. The molecule has 1 aromatic rings. The number of carbonyl (C=O) groups excluding carboxylic acids is 1. The molecule has 1 aliphatic rings. The maximum Gasteiger partial charge on any atom is 0.136 e. The van der Waals surface area contributed by atoms with Crippen molar-refractivity contribution in [1.82, 2.24) is 14.8 Å². The van der Waals surface area contributed by atoms with Crippen LogP contribution >= 0.6 is 0 Å². The van der Waals surface area contributed by atoms with E-state index in [4.69, 9.17) is 0 Å². The van der Waals surface area contributed by atoms with Crippen LogP contribution in [0.2, 0.25) is 0 Å². The van der Waals surface area contributed by atoms with Gasteiger partial charge in [0.05, 0.1) is 0 Å². The van der Waals surface area contributed by atoms with Crippen LogP contribution in [-0.2, 0) is 11.8 Å².